The third-order valence-corrected chi connectivity index (χ3v) is 4.31. The summed E-state index contributed by atoms with van der Waals surface area (Å²) >= 11 is 19.1. The maximum atomic E-state index is 6.18. The van der Waals surface area contributed by atoms with Gasteiger partial charge in [0.05, 0.1) is 0 Å². The van der Waals surface area contributed by atoms with E-state index in [2.05, 4.69) is 42.1 Å². The summed E-state index contributed by atoms with van der Waals surface area (Å²) in [6, 6.07) is 13.2. The predicted octanol–water partition coefficient (Wildman–Crippen LogP) is 6.11. The monoisotopic (exact) mass is 446 g/mol. The van der Waals surface area contributed by atoms with Crippen molar-refractivity contribution in [3.63, 3.8) is 0 Å². The minimum absolute atomic E-state index is 0.287. The molecule has 2 aromatic rings. The van der Waals surface area contributed by atoms with Crippen LogP contribution in [0.25, 0.3) is 0 Å². The Labute approximate surface area is 150 Å². The molecule has 0 atom stereocenters. The van der Waals surface area contributed by atoms with Crippen LogP contribution in [0.1, 0.15) is 16.7 Å². The van der Waals surface area contributed by atoms with Crippen molar-refractivity contribution < 1.29 is 0 Å². The average molecular weight is 449 g/mol. The second-order valence-electron chi connectivity index (χ2n) is 4.25. The summed E-state index contributed by atoms with van der Waals surface area (Å²) in [5, 5.41) is 8.56. The summed E-state index contributed by atoms with van der Waals surface area (Å²) in [7, 11) is 0. The van der Waals surface area contributed by atoms with Gasteiger partial charge in [-0.15, -0.1) is 10.2 Å². The number of nitrogens with zero attached hydrogens (tertiary/aromatic N) is 2. The molecule has 0 heterocycles. The minimum atomic E-state index is 0.287. The van der Waals surface area contributed by atoms with Crippen molar-refractivity contribution in [2.24, 2.45) is 10.2 Å². The maximum absolute atomic E-state index is 6.18. The van der Waals surface area contributed by atoms with Crippen LogP contribution in [0.15, 0.2) is 61.6 Å². The Kier molecular flexibility index (Phi) is 5.99. The van der Waals surface area contributed by atoms with E-state index >= 15 is 0 Å². The largest absolute Gasteiger partial charge is 0.159 e. The van der Waals surface area contributed by atoms with Gasteiger partial charge in [0.25, 0.3) is 0 Å². The van der Waals surface area contributed by atoms with Gasteiger partial charge >= 0.3 is 0 Å². The van der Waals surface area contributed by atoms with E-state index in [1.807, 2.05) is 49.4 Å². The van der Waals surface area contributed by atoms with Crippen molar-refractivity contribution in [1.82, 2.24) is 0 Å². The first-order chi connectivity index (χ1) is 9.97. The van der Waals surface area contributed by atoms with Crippen LogP contribution in [-0.2, 0) is 0 Å². The lowest BCUT2D eigenvalue weighted by Crippen LogP contribution is -1.96. The lowest BCUT2D eigenvalue weighted by molar-refractivity contribution is 1.25. The number of aryl methyl sites for hydroxylation is 1. The highest BCUT2D eigenvalue weighted by Crippen LogP contribution is 2.18. The third kappa shape index (κ3) is 4.65. The van der Waals surface area contributed by atoms with Crippen molar-refractivity contribution >= 4 is 65.4 Å². The Bertz CT molecular complexity index is 710. The van der Waals surface area contributed by atoms with E-state index in [1.165, 1.54) is 0 Å². The molecular formula is C15H10Br2Cl2N2. The van der Waals surface area contributed by atoms with Crippen LogP contribution >= 0.6 is 55.1 Å². The molecule has 0 amide bonds. The number of halogens is 4. The zero-order valence-corrected chi connectivity index (χ0v) is 15.6. The van der Waals surface area contributed by atoms with Gasteiger partial charge in [-0.1, -0.05) is 73.3 Å². The molecule has 0 radical (unpaired) electrons. The van der Waals surface area contributed by atoms with Crippen LogP contribution in [-0.4, -0.2) is 10.3 Å². The first-order valence-corrected chi connectivity index (χ1v) is 8.30. The average Bonchev–Trinajstić information content (AvgIpc) is 2.45. The van der Waals surface area contributed by atoms with Crippen molar-refractivity contribution in [1.29, 1.82) is 0 Å². The summed E-state index contributed by atoms with van der Waals surface area (Å²) in [4.78, 5) is 0. The summed E-state index contributed by atoms with van der Waals surface area (Å²) in [5.41, 5.74) is 2.61. The van der Waals surface area contributed by atoms with Crippen LogP contribution in [0.3, 0.4) is 0 Å². The quantitative estimate of drug-likeness (QED) is 0.400. The number of hydrogen-bond donors (Lipinski definition) is 0. The van der Waals surface area contributed by atoms with Crippen LogP contribution in [0.5, 0.6) is 0 Å². The highest BCUT2D eigenvalue weighted by Gasteiger charge is 2.05. The maximum Gasteiger partial charge on any atom is 0.159 e. The van der Waals surface area contributed by atoms with Crippen molar-refractivity contribution in [3.8, 4) is 0 Å². The van der Waals surface area contributed by atoms with Crippen molar-refractivity contribution in [3.05, 3.63) is 68.1 Å². The van der Waals surface area contributed by atoms with Gasteiger partial charge < -0.3 is 0 Å². The molecule has 0 aromatic heterocycles. The topological polar surface area (TPSA) is 24.7 Å². The molecule has 2 aromatic carbocycles. The van der Waals surface area contributed by atoms with Gasteiger partial charge in [0.15, 0.2) is 10.3 Å². The highest BCUT2D eigenvalue weighted by molar-refractivity contribution is 9.10. The second kappa shape index (κ2) is 7.54. The zero-order chi connectivity index (χ0) is 15.4. The van der Waals surface area contributed by atoms with Crippen LogP contribution in [0, 0.1) is 6.92 Å². The fourth-order valence-electron chi connectivity index (χ4n) is 1.65. The SMILES string of the molecule is Cc1cc(Br)ccc1/C(Cl)=N/N=C(\Cl)c1ccc(Br)cc1. The molecule has 0 aliphatic heterocycles. The van der Waals surface area contributed by atoms with E-state index < -0.39 is 0 Å². The summed E-state index contributed by atoms with van der Waals surface area (Å²) in [6.45, 7) is 1.96. The Morgan fingerprint density at radius 3 is 2.05 bits per heavy atom. The molecule has 0 fully saturated rings. The Balaban J connectivity index is 2.26. The second-order valence-corrected chi connectivity index (χ2v) is 6.80. The lowest BCUT2D eigenvalue weighted by Gasteiger charge is -2.03. The van der Waals surface area contributed by atoms with Crippen LogP contribution in [0.4, 0.5) is 0 Å². The first-order valence-electron chi connectivity index (χ1n) is 5.96. The molecule has 2 nitrogen and oxygen atoms in total. The smallest absolute Gasteiger partial charge is 0.136 e. The molecule has 0 aliphatic carbocycles. The van der Waals surface area contributed by atoms with Crippen molar-refractivity contribution in [2.45, 2.75) is 6.92 Å². The predicted molar refractivity (Wildman–Crippen MR) is 97.8 cm³/mol. The molecule has 0 N–H and O–H groups in total. The number of hydrogen-bond acceptors (Lipinski definition) is 2. The van der Waals surface area contributed by atoms with Gasteiger partial charge in [0.1, 0.15) is 0 Å². The molecule has 0 bridgehead atoms. The van der Waals surface area contributed by atoms with Gasteiger partial charge in [-0.05, 0) is 36.8 Å². The third-order valence-electron chi connectivity index (χ3n) is 2.72. The summed E-state index contributed by atoms with van der Waals surface area (Å²) in [5.74, 6) is 0. The zero-order valence-electron chi connectivity index (χ0n) is 10.9. The lowest BCUT2D eigenvalue weighted by atomic mass is 10.1. The van der Waals surface area contributed by atoms with E-state index in [9.17, 15) is 0 Å². The molecule has 0 saturated carbocycles. The van der Waals surface area contributed by atoms with Crippen LogP contribution < -0.4 is 0 Å². The van der Waals surface area contributed by atoms with E-state index in [0.29, 0.717) is 5.17 Å². The van der Waals surface area contributed by atoms with E-state index in [-0.39, 0.29) is 5.17 Å². The Hall–Kier alpha value is -0.680. The van der Waals surface area contributed by atoms with Crippen LogP contribution in [0.2, 0.25) is 0 Å². The molecule has 0 unspecified atom stereocenters. The summed E-state index contributed by atoms with van der Waals surface area (Å²) in [6.07, 6.45) is 0. The minimum Gasteiger partial charge on any atom is -0.136 e. The normalized spacial score (nSPS) is 12.6. The van der Waals surface area contributed by atoms with E-state index in [1.54, 1.807) is 0 Å². The van der Waals surface area contributed by atoms with Gasteiger partial charge in [0.2, 0.25) is 0 Å². The molecule has 21 heavy (non-hydrogen) atoms. The first kappa shape index (κ1) is 16.7. The fraction of sp³-hybridized carbons (Fsp3) is 0.0667. The molecule has 2 rings (SSSR count). The van der Waals surface area contributed by atoms with Gasteiger partial charge in [0, 0.05) is 20.1 Å². The fourth-order valence-corrected chi connectivity index (χ4v) is 2.80. The molecule has 0 spiro atoms. The molecular weight excluding hydrogens is 439 g/mol. The molecule has 0 saturated heterocycles. The standard InChI is InChI=1S/C15H10Br2Cl2N2/c1-9-8-12(17)6-7-13(9)15(19)21-20-14(18)10-2-4-11(16)5-3-10/h2-8H,1H3/b20-14-,21-15-. The van der Waals surface area contributed by atoms with Gasteiger partial charge in [-0.25, -0.2) is 0 Å². The van der Waals surface area contributed by atoms with Crippen molar-refractivity contribution in [2.75, 3.05) is 0 Å². The number of rotatable bonds is 3. The van der Waals surface area contributed by atoms with Gasteiger partial charge in [-0.3, -0.25) is 0 Å². The Morgan fingerprint density at radius 2 is 1.43 bits per heavy atom. The van der Waals surface area contributed by atoms with E-state index in [4.69, 9.17) is 23.2 Å². The Morgan fingerprint density at radius 1 is 0.857 bits per heavy atom. The molecule has 0 aliphatic rings. The molecule has 108 valence electrons. The molecule has 6 heteroatoms. The van der Waals surface area contributed by atoms with Gasteiger partial charge in [-0.2, -0.15) is 0 Å². The highest BCUT2D eigenvalue weighted by atomic mass is 79.9. The van der Waals surface area contributed by atoms with E-state index in [0.717, 1.165) is 25.6 Å². The summed E-state index contributed by atoms with van der Waals surface area (Å²) < 4.78 is 1.97. The number of benzene rings is 2.